The lowest BCUT2D eigenvalue weighted by molar-refractivity contribution is -0.141. The molecular weight excluding hydrogens is 575 g/mol. The van der Waals surface area contributed by atoms with Crippen molar-refractivity contribution in [1.82, 2.24) is 29.1 Å². The molecule has 1 atom stereocenters. The minimum absolute atomic E-state index is 0.184. The van der Waals surface area contributed by atoms with Gasteiger partial charge in [0, 0.05) is 47.0 Å². The first-order chi connectivity index (χ1) is 19.9. The molecule has 5 aromatic rings. The summed E-state index contributed by atoms with van der Waals surface area (Å²) in [4.78, 5) is 31.3. The van der Waals surface area contributed by atoms with Crippen LogP contribution in [0, 0.1) is 6.92 Å². The van der Waals surface area contributed by atoms with Gasteiger partial charge < -0.3 is 14.6 Å². The number of fused-ring (bicyclic) bond motifs is 1. The van der Waals surface area contributed by atoms with Gasteiger partial charge in [0.05, 0.1) is 42.1 Å². The molecule has 5 rings (SSSR count). The molecule has 4 aromatic heterocycles. The Balaban J connectivity index is 1.55. The van der Waals surface area contributed by atoms with Crippen molar-refractivity contribution in [1.29, 1.82) is 0 Å². The Hall–Kier alpha value is -4.65. The number of rotatable bonds is 7. The molecule has 0 aliphatic rings. The molecule has 10 nitrogen and oxygen atoms in total. The number of anilines is 1. The van der Waals surface area contributed by atoms with Crippen LogP contribution in [-0.2, 0) is 18.0 Å². The van der Waals surface area contributed by atoms with Crippen LogP contribution in [-0.4, -0.2) is 42.1 Å². The van der Waals surface area contributed by atoms with Crippen LogP contribution in [0.1, 0.15) is 30.8 Å². The van der Waals surface area contributed by atoms with Gasteiger partial charge in [0.25, 0.3) is 5.56 Å². The van der Waals surface area contributed by atoms with E-state index in [9.17, 15) is 22.8 Å². The number of halogens is 4. The van der Waals surface area contributed by atoms with Gasteiger partial charge in [-0.15, -0.1) is 5.10 Å². The Kier molecular flexibility index (Phi) is 7.54. The third-order valence-electron chi connectivity index (χ3n) is 6.90. The second-order valence-electron chi connectivity index (χ2n) is 9.57. The van der Waals surface area contributed by atoms with Gasteiger partial charge in [-0.1, -0.05) is 23.7 Å². The fourth-order valence-electron chi connectivity index (χ4n) is 4.95. The number of hydrogen-bond acceptors (Lipinski definition) is 6. The molecule has 0 bridgehead atoms. The number of ether oxygens (including phenoxy) is 1. The van der Waals surface area contributed by atoms with Crippen LogP contribution in [0.3, 0.4) is 0 Å². The van der Waals surface area contributed by atoms with Crippen LogP contribution in [0.5, 0.6) is 5.75 Å². The number of aryl methyl sites for hydroxylation is 2. The number of nitrogens with zero attached hydrogens (tertiary/aromatic N) is 6. The van der Waals surface area contributed by atoms with Crippen molar-refractivity contribution in [3.8, 4) is 22.6 Å². The Morgan fingerprint density at radius 1 is 1.14 bits per heavy atom. The number of nitrogens with one attached hydrogen (secondary N) is 1. The lowest BCUT2D eigenvalue weighted by atomic mass is 10.0. The first-order valence-corrected chi connectivity index (χ1v) is 13.1. The number of pyridine rings is 2. The molecule has 1 amide bonds. The first-order valence-electron chi connectivity index (χ1n) is 12.7. The summed E-state index contributed by atoms with van der Waals surface area (Å²) in [7, 11) is 3.23. The van der Waals surface area contributed by atoms with Crippen LogP contribution in [0.2, 0.25) is 5.02 Å². The molecule has 0 aliphatic heterocycles. The molecule has 0 saturated carbocycles. The van der Waals surface area contributed by atoms with Crippen LogP contribution in [0.25, 0.3) is 27.7 Å². The van der Waals surface area contributed by atoms with E-state index in [1.165, 1.54) is 42.1 Å². The zero-order valence-electron chi connectivity index (χ0n) is 22.9. The summed E-state index contributed by atoms with van der Waals surface area (Å²) in [6.45, 7) is 3.64. The average molecular weight is 600 g/mol. The number of hydrogen-bond donors (Lipinski definition) is 1. The Bertz CT molecular complexity index is 1880. The molecule has 1 aromatic carbocycles. The summed E-state index contributed by atoms with van der Waals surface area (Å²) in [5.41, 5.74) is 1.24. The van der Waals surface area contributed by atoms with Gasteiger partial charge in [0.2, 0.25) is 5.91 Å². The Labute approximate surface area is 242 Å². The van der Waals surface area contributed by atoms with Crippen molar-refractivity contribution in [3.05, 3.63) is 81.9 Å². The van der Waals surface area contributed by atoms with E-state index in [0.29, 0.717) is 5.69 Å². The maximum absolute atomic E-state index is 13.5. The van der Waals surface area contributed by atoms with Crippen molar-refractivity contribution in [3.63, 3.8) is 0 Å². The molecule has 0 saturated heterocycles. The highest BCUT2D eigenvalue weighted by Crippen LogP contribution is 2.36. The smallest absolute Gasteiger partial charge is 0.436 e. The van der Waals surface area contributed by atoms with Crippen molar-refractivity contribution >= 4 is 34.1 Å². The van der Waals surface area contributed by atoms with E-state index < -0.39 is 29.4 Å². The molecule has 4 heterocycles. The Morgan fingerprint density at radius 3 is 2.57 bits per heavy atom. The summed E-state index contributed by atoms with van der Waals surface area (Å²) in [5.74, 6) is -0.227. The minimum atomic E-state index is -4.69. The zero-order valence-corrected chi connectivity index (χ0v) is 23.7. The summed E-state index contributed by atoms with van der Waals surface area (Å²) < 4.78 is 49.2. The quantitative estimate of drug-likeness (QED) is 0.262. The molecular formula is C28H25ClF3N7O3. The van der Waals surface area contributed by atoms with Gasteiger partial charge in [-0.05, 0) is 37.6 Å². The SMILES string of the molecule is CCC(C(=O)Nc1cn(C)c2c(C)nccc12)n1cc(OC)c(-c2cc(Cl)ccc2-n2cc(C(F)(F)F)nn2)cc1=O. The third kappa shape index (κ3) is 5.22. The number of carbonyl (C=O) groups is 1. The highest BCUT2D eigenvalue weighted by Gasteiger charge is 2.35. The summed E-state index contributed by atoms with van der Waals surface area (Å²) in [6, 6.07) is 6.57. The summed E-state index contributed by atoms with van der Waals surface area (Å²) in [6.07, 6.45) is 1.16. The molecule has 14 heteroatoms. The third-order valence-corrected chi connectivity index (χ3v) is 7.13. The number of aromatic nitrogens is 6. The Morgan fingerprint density at radius 2 is 1.90 bits per heavy atom. The monoisotopic (exact) mass is 599 g/mol. The van der Waals surface area contributed by atoms with E-state index in [2.05, 4.69) is 20.6 Å². The van der Waals surface area contributed by atoms with Crippen LogP contribution in [0.15, 0.2) is 59.9 Å². The fourth-order valence-corrected chi connectivity index (χ4v) is 5.13. The average Bonchev–Trinajstić information content (AvgIpc) is 3.56. The predicted molar refractivity (Wildman–Crippen MR) is 151 cm³/mol. The van der Waals surface area contributed by atoms with Gasteiger partial charge in [-0.2, -0.15) is 13.2 Å². The lowest BCUT2D eigenvalue weighted by Gasteiger charge is -2.20. The normalized spacial score (nSPS) is 12.5. The highest BCUT2D eigenvalue weighted by molar-refractivity contribution is 6.31. The van der Waals surface area contributed by atoms with E-state index in [-0.39, 0.29) is 34.0 Å². The van der Waals surface area contributed by atoms with E-state index in [1.54, 1.807) is 25.4 Å². The van der Waals surface area contributed by atoms with Gasteiger partial charge >= 0.3 is 6.18 Å². The molecule has 0 aliphatic carbocycles. The number of alkyl halides is 3. The number of methoxy groups -OCH3 is 1. The van der Waals surface area contributed by atoms with Gasteiger partial charge in [-0.3, -0.25) is 19.1 Å². The fraction of sp³-hybridized carbons (Fsp3) is 0.250. The van der Waals surface area contributed by atoms with Crippen molar-refractivity contribution in [2.75, 3.05) is 12.4 Å². The molecule has 0 radical (unpaired) electrons. The summed E-state index contributed by atoms with van der Waals surface area (Å²) >= 11 is 6.23. The van der Waals surface area contributed by atoms with Crippen LogP contribution < -0.4 is 15.6 Å². The van der Waals surface area contributed by atoms with E-state index in [1.807, 2.05) is 18.5 Å². The first kappa shape index (κ1) is 28.9. The largest absolute Gasteiger partial charge is 0.495 e. The van der Waals surface area contributed by atoms with Crippen molar-refractivity contribution < 1.29 is 22.7 Å². The number of carbonyl (C=O) groups excluding carboxylic acids is 1. The molecule has 1 unspecified atom stereocenters. The molecule has 42 heavy (non-hydrogen) atoms. The van der Waals surface area contributed by atoms with E-state index in [4.69, 9.17) is 16.3 Å². The van der Waals surface area contributed by atoms with E-state index in [0.717, 1.165) is 27.5 Å². The topological polar surface area (TPSA) is 109 Å². The molecule has 0 spiro atoms. The van der Waals surface area contributed by atoms with E-state index >= 15 is 0 Å². The standard InChI is InChI=1S/C28H25ClF3N7O3/c1-5-21(27(41)34-20-12-37(3)26-15(2)33-9-8-17(20)26)38-13-23(42-4)19(11-25(38)40)18-10-16(29)6-7-22(18)39-14-24(35-36-39)28(30,31)32/h6-14,21H,5H2,1-4H3,(H,34,41). The molecule has 1 N–H and O–H groups in total. The number of amides is 1. The van der Waals surface area contributed by atoms with Crippen molar-refractivity contribution in [2.45, 2.75) is 32.5 Å². The molecule has 0 fully saturated rings. The van der Waals surface area contributed by atoms with Crippen LogP contribution >= 0.6 is 11.6 Å². The highest BCUT2D eigenvalue weighted by atomic mass is 35.5. The minimum Gasteiger partial charge on any atom is -0.495 e. The van der Waals surface area contributed by atoms with Gasteiger partial charge in [0.15, 0.2) is 5.69 Å². The summed E-state index contributed by atoms with van der Waals surface area (Å²) in [5, 5.41) is 10.8. The second-order valence-corrected chi connectivity index (χ2v) is 10.0. The second kappa shape index (κ2) is 11.0. The van der Waals surface area contributed by atoms with Crippen LogP contribution in [0.4, 0.5) is 18.9 Å². The maximum Gasteiger partial charge on any atom is 0.436 e. The predicted octanol–water partition coefficient (Wildman–Crippen LogP) is 5.56. The lowest BCUT2D eigenvalue weighted by Crippen LogP contribution is -2.32. The zero-order chi connectivity index (χ0) is 30.3. The van der Waals surface area contributed by atoms with Gasteiger partial charge in [-0.25, -0.2) is 4.68 Å². The van der Waals surface area contributed by atoms with Crippen molar-refractivity contribution in [2.24, 2.45) is 7.05 Å². The maximum atomic E-state index is 13.5. The molecule has 218 valence electrons. The number of benzene rings is 1. The van der Waals surface area contributed by atoms with Gasteiger partial charge in [0.1, 0.15) is 11.8 Å².